The molecule has 0 radical (unpaired) electrons. The predicted molar refractivity (Wildman–Crippen MR) is 190 cm³/mol. The predicted octanol–water partition coefficient (Wildman–Crippen LogP) is 6.50. The lowest BCUT2D eigenvalue weighted by atomic mass is 10.0. The van der Waals surface area contributed by atoms with E-state index in [0.717, 1.165) is 69.0 Å². The van der Waals surface area contributed by atoms with Crippen LogP contribution in [-0.2, 0) is 4.74 Å². The maximum absolute atomic E-state index is 14.0. The Morgan fingerprint density at radius 2 is 1.61 bits per heavy atom. The van der Waals surface area contributed by atoms with Gasteiger partial charge in [-0.05, 0) is 62.1 Å². The molecule has 12 nitrogen and oxygen atoms in total. The van der Waals surface area contributed by atoms with E-state index in [1.807, 2.05) is 44.2 Å². The molecular weight excluding hydrogens is 624 g/mol. The number of morpholine rings is 1. The van der Waals surface area contributed by atoms with Gasteiger partial charge in [0, 0.05) is 62.3 Å². The van der Waals surface area contributed by atoms with Crippen LogP contribution in [0.1, 0.15) is 24.0 Å². The summed E-state index contributed by atoms with van der Waals surface area (Å²) in [6.07, 6.45) is 3.15. The first-order valence-corrected chi connectivity index (χ1v) is 16.5. The van der Waals surface area contributed by atoms with Crippen LogP contribution in [0.25, 0.3) is 0 Å². The van der Waals surface area contributed by atoms with Crippen molar-refractivity contribution in [2.75, 3.05) is 75.8 Å². The van der Waals surface area contributed by atoms with Crippen LogP contribution in [0.2, 0.25) is 0 Å². The summed E-state index contributed by atoms with van der Waals surface area (Å²) in [4.78, 5) is 29.6. The summed E-state index contributed by atoms with van der Waals surface area (Å²) in [5.41, 5.74) is 3.88. The fraction of sp³-hybridized carbons (Fsp3) is 0.378. The number of methoxy groups -OCH3 is 3. The van der Waals surface area contributed by atoms with Gasteiger partial charge in [-0.1, -0.05) is 18.2 Å². The van der Waals surface area contributed by atoms with Gasteiger partial charge in [0.25, 0.3) is 0 Å². The van der Waals surface area contributed by atoms with Crippen LogP contribution in [0, 0.1) is 13.8 Å². The number of nitrogens with zero attached hydrogens (tertiary/aromatic N) is 5. The zero-order chi connectivity index (χ0) is 34.3. The molecule has 0 saturated carbocycles. The molecule has 4 aromatic rings. The van der Waals surface area contributed by atoms with Crippen molar-refractivity contribution in [3.05, 3.63) is 78.0 Å². The minimum absolute atomic E-state index is 0.271. The Morgan fingerprint density at radius 1 is 0.878 bits per heavy atom. The highest BCUT2D eigenvalue weighted by molar-refractivity contribution is 5.98. The van der Waals surface area contributed by atoms with Crippen molar-refractivity contribution in [3.8, 4) is 23.0 Å². The van der Waals surface area contributed by atoms with Gasteiger partial charge in [-0.25, -0.2) is 14.7 Å². The highest BCUT2D eigenvalue weighted by Crippen LogP contribution is 2.38. The fourth-order valence-corrected chi connectivity index (χ4v) is 6.44. The topological polar surface area (TPSA) is 111 Å². The maximum atomic E-state index is 14.0. The monoisotopic (exact) mass is 668 g/mol. The molecule has 0 aliphatic carbocycles. The molecule has 3 heterocycles. The molecule has 0 atom stereocenters. The van der Waals surface area contributed by atoms with Gasteiger partial charge in [-0.2, -0.15) is 4.98 Å². The molecule has 0 bridgehead atoms. The number of carbonyl (C=O) groups is 1. The van der Waals surface area contributed by atoms with Gasteiger partial charge in [0.15, 0.2) is 0 Å². The molecule has 1 N–H and O–H groups in total. The average molecular weight is 669 g/mol. The summed E-state index contributed by atoms with van der Waals surface area (Å²) < 4.78 is 28.4. The summed E-state index contributed by atoms with van der Waals surface area (Å²) in [6, 6.07) is 19.2. The highest BCUT2D eigenvalue weighted by Gasteiger charge is 2.28. The lowest BCUT2D eigenvalue weighted by Crippen LogP contribution is -2.49. The third-order valence-corrected chi connectivity index (χ3v) is 9.10. The van der Waals surface area contributed by atoms with Crippen molar-refractivity contribution >= 4 is 34.9 Å². The van der Waals surface area contributed by atoms with Gasteiger partial charge >= 0.3 is 6.09 Å². The Bertz CT molecular complexity index is 1740. The second-order valence-corrected chi connectivity index (χ2v) is 12.1. The Morgan fingerprint density at radius 3 is 2.31 bits per heavy atom. The number of piperidine rings is 1. The number of amides is 1. The molecule has 6 rings (SSSR count). The van der Waals surface area contributed by atoms with E-state index >= 15 is 0 Å². The molecule has 0 unspecified atom stereocenters. The lowest BCUT2D eigenvalue weighted by molar-refractivity contribution is 0.0115. The van der Waals surface area contributed by atoms with E-state index in [1.54, 1.807) is 44.7 Å². The van der Waals surface area contributed by atoms with Crippen molar-refractivity contribution in [1.82, 2.24) is 14.9 Å². The molecule has 12 heteroatoms. The van der Waals surface area contributed by atoms with E-state index in [2.05, 4.69) is 26.2 Å². The summed E-state index contributed by atoms with van der Waals surface area (Å²) in [7, 11) is 4.75. The standard InChI is InChI=1S/C37H44N6O6/c1-25-7-6-8-26(2)35(25)49-37(44)43(31-12-10-29(45-3)24-33(31)47-5)34-13-16-38-36(40-34)39-30-11-9-28(23-32(30)46-4)41-17-14-27(15-18-41)42-19-21-48-22-20-42/h6-13,16,23-24,27H,14-15,17-22H2,1-5H3,(H,38,39,40). The molecule has 1 amide bonds. The van der Waals surface area contributed by atoms with Gasteiger partial charge in [-0.3, -0.25) is 4.90 Å². The number of aryl methyl sites for hydroxylation is 2. The fourth-order valence-electron chi connectivity index (χ4n) is 6.44. The Labute approximate surface area is 287 Å². The minimum Gasteiger partial charge on any atom is -0.497 e. The molecule has 2 aliphatic rings. The van der Waals surface area contributed by atoms with Crippen LogP contribution >= 0.6 is 0 Å². The van der Waals surface area contributed by atoms with E-state index in [-0.39, 0.29) is 11.8 Å². The molecular formula is C37H44N6O6. The molecule has 1 aromatic heterocycles. The smallest absolute Gasteiger partial charge is 0.425 e. The SMILES string of the molecule is COc1ccc(N(C(=O)Oc2c(C)cccc2C)c2ccnc(Nc3ccc(N4CCC(N5CCOCC5)CC4)cc3OC)n2)c(OC)c1. The van der Waals surface area contributed by atoms with E-state index < -0.39 is 6.09 Å². The summed E-state index contributed by atoms with van der Waals surface area (Å²) in [5.74, 6) is 2.66. The van der Waals surface area contributed by atoms with Crippen LogP contribution in [0.15, 0.2) is 66.9 Å². The van der Waals surface area contributed by atoms with Crippen molar-refractivity contribution in [2.24, 2.45) is 0 Å². The van der Waals surface area contributed by atoms with Crippen LogP contribution in [0.4, 0.5) is 33.6 Å². The molecule has 49 heavy (non-hydrogen) atoms. The summed E-state index contributed by atoms with van der Waals surface area (Å²) >= 11 is 0. The lowest BCUT2D eigenvalue weighted by Gasteiger charge is -2.40. The summed E-state index contributed by atoms with van der Waals surface area (Å²) in [6.45, 7) is 9.42. The number of aromatic nitrogens is 2. The molecule has 2 fully saturated rings. The van der Waals surface area contributed by atoms with E-state index in [9.17, 15) is 4.79 Å². The average Bonchev–Trinajstić information content (AvgIpc) is 3.14. The van der Waals surface area contributed by atoms with E-state index in [0.29, 0.717) is 40.4 Å². The molecule has 0 spiro atoms. The largest absolute Gasteiger partial charge is 0.497 e. The summed E-state index contributed by atoms with van der Waals surface area (Å²) in [5, 5.41) is 3.29. The van der Waals surface area contributed by atoms with Gasteiger partial charge in [0.05, 0.1) is 45.9 Å². The molecule has 258 valence electrons. The molecule has 2 saturated heterocycles. The Balaban J connectivity index is 1.25. The van der Waals surface area contributed by atoms with Gasteiger partial charge in [0.1, 0.15) is 28.8 Å². The molecule has 2 aliphatic heterocycles. The zero-order valence-electron chi connectivity index (χ0n) is 28.8. The van der Waals surface area contributed by atoms with Gasteiger partial charge in [-0.15, -0.1) is 0 Å². The molecule has 3 aromatic carbocycles. The first-order valence-electron chi connectivity index (χ1n) is 16.5. The number of hydrogen-bond donors (Lipinski definition) is 1. The normalized spacial score (nSPS) is 15.4. The number of ether oxygens (including phenoxy) is 5. The van der Waals surface area contributed by atoms with E-state index in [4.69, 9.17) is 28.7 Å². The third-order valence-electron chi connectivity index (χ3n) is 9.10. The first-order chi connectivity index (χ1) is 23.9. The second-order valence-electron chi connectivity index (χ2n) is 12.1. The van der Waals surface area contributed by atoms with Crippen LogP contribution in [-0.4, -0.2) is 87.7 Å². The number of anilines is 5. The number of hydrogen-bond acceptors (Lipinski definition) is 11. The second kappa shape index (κ2) is 15.4. The van der Waals surface area contributed by atoms with Crippen LogP contribution in [0.3, 0.4) is 0 Å². The number of nitrogens with one attached hydrogen (secondary N) is 1. The number of carbonyl (C=O) groups excluding carboxylic acids is 1. The number of benzene rings is 3. The third kappa shape index (κ3) is 7.65. The first kappa shape index (κ1) is 33.8. The maximum Gasteiger partial charge on any atom is 0.425 e. The zero-order valence-corrected chi connectivity index (χ0v) is 28.8. The number of rotatable bonds is 10. The van der Waals surface area contributed by atoms with Crippen molar-refractivity contribution in [2.45, 2.75) is 32.7 Å². The Hall–Kier alpha value is -5.07. The van der Waals surface area contributed by atoms with Gasteiger partial charge in [0.2, 0.25) is 5.95 Å². The van der Waals surface area contributed by atoms with Gasteiger partial charge < -0.3 is 33.9 Å². The van der Waals surface area contributed by atoms with Crippen molar-refractivity contribution in [1.29, 1.82) is 0 Å². The number of para-hydroxylation sites is 1. The minimum atomic E-state index is -0.662. The Kier molecular flexibility index (Phi) is 10.7. The quantitative estimate of drug-likeness (QED) is 0.200. The van der Waals surface area contributed by atoms with E-state index in [1.165, 1.54) is 12.0 Å². The van der Waals surface area contributed by atoms with Crippen LogP contribution in [0.5, 0.6) is 23.0 Å². The van der Waals surface area contributed by atoms with Crippen LogP contribution < -0.4 is 34.1 Å². The van der Waals surface area contributed by atoms with Crippen molar-refractivity contribution in [3.63, 3.8) is 0 Å². The van der Waals surface area contributed by atoms with Crippen molar-refractivity contribution < 1.29 is 28.5 Å². The highest BCUT2D eigenvalue weighted by atomic mass is 16.6.